The summed E-state index contributed by atoms with van der Waals surface area (Å²) in [5, 5.41) is 2.86. The van der Waals surface area contributed by atoms with Crippen LogP contribution in [0.5, 0.6) is 0 Å². The number of hydrogen-bond acceptors (Lipinski definition) is 3. The fraction of sp³-hybridized carbons (Fsp3) is 0.900. The lowest BCUT2D eigenvalue weighted by Crippen LogP contribution is -2.43. The molecule has 1 unspecified atom stereocenters. The van der Waals surface area contributed by atoms with Crippen LogP contribution < -0.4 is 11.1 Å². The first kappa shape index (κ1) is 13.4. The van der Waals surface area contributed by atoms with Crippen LogP contribution in [0, 0.1) is 0 Å². The predicted molar refractivity (Wildman–Crippen MR) is 59.0 cm³/mol. The number of nitrogens with two attached hydrogens (primary N) is 1. The summed E-state index contributed by atoms with van der Waals surface area (Å²) >= 11 is 0. The average Bonchev–Trinajstić information content (AvgIpc) is 2.00. The summed E-state index contributed by atoms with van der Waals surface area (Å²) in [7, 11) is 0. The van der Waals surface area contributed by atoms with Gasteiger partial charge in [0.1, 0.15) is 0 Å². The van der Waals surface area contributed by atoms with Crippen LogP contribution in [0.4, 0.5) is 0 Å². The van der Waals surface area contributed by atoms with Gasteiger partial charge < -0.3 is 11.1 Å². The molecule has 0 aliphatic rings. The molecule has 84 valence electrons. The summed E-state index contributed by atoms with van der Waals surface area (Å²) < 4.78 is 0. The molecule has 0 saturated heterocycles. The van der Waals surface area contributed by atoms with Gasteiger partial charge in [-0.25, -0.2) is 0 Å². The molecule has 0 rings (SSSR count). The molecular formula is C10H23N3O. The van der Waals surface area contributed by atoms with Crippen molar-refractivity contribution in [3.63, 3.8) is 0 Å². The molecule has 0 saturated carbocycles. The monoisotopic (exact) mass is 201 g/mol. The van der Waals surface area contributed by atoms with E-state index in [-0.39, 0.29) is 18.0 Å². The van der Waals surface area contributed by atoms with Crippen molar-refractivity contribution in [1.29, 1.82) is 0 Å². The molecule has 0 aromatic heterocycles. The second-order valence-electron chi connectivity index (χ2n) is 4.03. The van der Waals surface area contributed by atoms with E-state index in [1.54, 1.807) is 0 Å². The Kier molecular flexibility index (Phi) is 6.49. The molecule has 0 aromatic carbocycles. The average molecular weight is 201 g/mol. The zero-order chi connectivity index (χ0) is 11.1. The Bertz CT molecular complexity index is 169. The van der Waals surface area contributed by atoms with Gasteiger partial charge in [-0.2, -0.15) is 0 Å². The quantitative estimate of drug-likeness (QED) is 0.644. The molecule has 0 aliphatic carbocycles. The maximum absolute atomic E-state index is 11.4. The lowest BCUT2D eigenvalue weighted by molar-refractivity contribution is -0.122. The fourth-order valence-electron chi connectivity index (χ4n) is 1.28. The number of carbonyl (C=O) groups is 1. The second kappa shape index (κ2) is 6.79. The third-order valence-electron chi connectivity index (χ3n) is 1.81. The van der Waals surface area contributed by atoms with Crippen LogP contribution in [0.2, 0.25) is 0 Å². The molecule has 0 aromatic rings. The molecule has 4 heteroatoms. The summed E-state index contributed by atoms with van der Waals surface area (Å²) in [6.07, 6.45) is 0. The first-order valence-corrected chi connectivity index (χ1v) is 5.23. The largest absolute Gasteiger partial charge is 0.353 e. The lowest BCUT2D eigenvalue weighted by Gasteiger charge is -2.22. The molecule has 0 radical (unpaired) electrons. The highest BCUT2D eigenvalue weighted by Gasteiger charge is 2.10. The van der Waals surface area contributed by atoms with Crippen molar-refractivity contribution in [1.82, 2.24) is 10.2 Å². The highest BCUT2D eigenvalue weighted by molar-refractivity contribution is 5.78. The standard InChI is InChI=1S/C10H23N3O/c1-5-13(6-9(4)11)7-10(14)12-8(2)3/h8-9H,5-7,11H2,1-4H3,(H,12,14). The van der Waals surface area contributed by atoms with Crippen molar-refractivity contribution in [2.24, 2.45) is 5.73 Å². The van der Waals surface area contributed by atoms with Gasteiger partial charge >= 0.3 is 0 Å². The minimum absolute atomic E-state index is 0.0718. The Morgan fingerprint density at radius 2 is 2.00 bits per heavy atom. The van der Waals surface area contributed by atoms with E-state index in [2.05, 4.69) is 5.32 Å². The molecule has 0 aliphatic heterocycles. The van der Waals surface area contributed by atoms with Crippen LogP contribution in [0.15, 0.2) is 0 Å². The molecule has 1 atom stereocenters. The van der Waals surface area contributed by atoms with Crippen molar-refractivity contribution >= 4 is 5.91 Å². The summed E-state index contributed by atoms with van der Waals surface area (Å²) in [5.74, 6) is 0.0718. The maximum atomic E-state index is 11.4. The molecule has 14 heavy (non-hydrogen) atoms. The number of amides is 1. The second-order valence-corrected chi connectivity index (χ2v) is 4.03. The summed E-state index contributed by atoms with van der Waals surface area (Å²) in [6, 6.07) is 0.318. The summed E-state index contributed by atoms with van der Waals surface area (Å²) in [4.78, 5) is 13.5. The zero-order valence-corrected chi connectivity index (χ0v) is 9.71. The summed E-state index contributed by atoms with van der Waals surface area (Å²) in [6.45, 7) is 9.96. The third kappa shape index (κ3) is 6.86. The van der Waals surface area contributed by atoms with E-state index >= 15 is 0 Å². The molecule has 1 amide bonds. The Balaban J connectivity index is 3.86. The highest BCUT2D eigenvalue weighted by Crippen LogP contribution is 1.90. The fourth-order valence-corrected chi connectivity index (χ4v) is 1.28. The zero-order valence-electron chi connectivity index (χ0n) is 9.71. The number of carbonyl (C=O) groups excluding carboxylic acids is 1. The van der Waals surface area contributed by atoms with Gasteiger partial charge in [0, 0.05) is 18.6 Å². The molecule has 3 N–H and O–H groups in total. The number of rotatable bonds is 6. The van der Waals surface area contributed by atoms with E-state index in [9.17, 15) is 4.79 Å². The van der Waals surface area contributed by atoms with Crippen molar-refractivity contribution in [2.75, 3.05) is 19.6 Å². The lowest BCUT2D eigenvalue weighted by atomic mass is 10.3. The molecule has 4 nitrogen and oxygen atoms in total. The Labute approximate surface area is 86.8 Å². The van der Waals surface area contributed by atoms with Crippen LogP contribution in [0.3, 0.4) is 0 Å². The van der Waals surface area contributed by atoms with Crippen LogP contribution in [-0.4, -0.2) is 42.5 Å². The first-order valence-electron chi connectivity index (χ1n) is 5.23. The van der Waals surface area contributed by atoms with Crippen molar-refractivity contribution in [3.05, 3.63) is 0 Å². The number of hydrogen-bond donors (Lipinski definition) is 2. The van der Waals surface area contributed by atoms with Crippen molar-refractivity contribution in [3.8, 4) is 0 Å². The van der Waals surface area contributed by atoms with Crippen LogP contribution in [0.1, 0.15) is 27.7 Å². The van der Waals surface area contributed by atoms with Crippen LogP contribution in [0.25, 0.3) is 0 Å². The van der Waals surface area contributed by atoms with Gasteiger partial charge in [0.2, 0.25) is 5.91 Å². The van der Waals surface area contributed by atoms with E-state index in [1.165, 1.54) is 0 Å². The number of likely N-dealkylation sites (N-methyl/N-ethyl adjacent to an activating group) is 1. The van der Waals surface area contributed by atoms with Gasteiger partial charge in [-0.05, 0) is 27.3 Å². The number of nitrogens with zero attached hydrogens (tertiary/aromatic N) is 1. The van der Waals surface area contributed by atoms with E-state index in [0.29, 0.717) is 6.54 Å². The van der Waals surface area contributed by atoms with Crippen molar-refractivity contribution < 1.29 is 4.79 Å². The topological polar surface area (TPSA) is 58.4 Å². The van der Waals surface area contributed by atoms with E-state index in [0.717, 1.165) is 13.1 Å². The molecule has 0 bridgehead atoms. The SMILES string of the molecule is CCN(CC(=O)NC(C)C)CC(C)N. The molecular weight excluding hydrogens is 178 g/mol. The van der Waals surface area contributed by atoms with Crippen molar-refractivity contribution in [2.45, 2.75) is 39.8 Å². The number of nitrogens with one attached hydrogen (secondary N) is 1. The van der Waals surface area contributed by atoms with Gasteiger partial charge in [-0.3, -0.25) is 9.69 Å². The minimum atomic E-state index is 0.0718. The Morgan fingerprint density at radius 1 is 1.43 bits per heavy atom. The van der Waals surface area contributed by atoms with Gasteiger partial charge in [-0.15, -0.1) is 0 Å². The van der Waals surface area contributed by atoms with Crippen LogP contribution >= 0.6 is 0 Å². The Morgan fingerprint density at radius 3 is 2.36 bits per heavy atom. The smallest absolute Gasteiger partial charge is 0.234 e. The third-order valence-corrected chi connectivity index (χ3v) is 1.81. The normalized spacial score (nSPS) is 13.4. The molecule has 0 heterocycles. The molecule has 0 fully saturated rings. The van der Waals surface area contributed by atoms with Crippen LogP contribution in [-0.2, 0) is 4.79 Å². The van der Waals surface area contributed by atoms with Gasteiger partial charge in [0.25, 0.3) is 0 Å². The summed E-state index contributed by atoms with van der Waals surface area (Å²) in [5.41, 5.74) is 5.67. The van der Waals surface area contributed by atoms with Gasteiger partial charge in [0.15, 0.2) is 0 Å². The minimum Gasteiger partial charge on any atom is -0.353 e. The maximum Gasteiger partial charge on any atom is 0.234 e. The van der Waals surface area contributed by atoms with Gasteiger partial charge in [-0.1, -0.05) is 6.92 Å². The predicted octanol–water partition coefficient (Wildman–Crippen LogP) is 0.180. The first-order chi connectivity index (χ1) is 6.45. The van der Waals surface area contributed by atoms with E-state index < -0.39 is 0 Å². The Hall–Kier alpha value is -0.610. The van der Waals surface area contributed by atoms with E-state index in [4.69, 9.17) is 5.73 Å². The molecule has 0 spiro atoms. The van der Waals surface area contributed by atoms with E-state index in [1.807, 2.05) is 32.6 Å². The van der Waals surface area contributed by atoms with Gasteiger partial charge in [0.05, 0.1) is 6.54 Å². The highest BCUT2D eigenvalue weighted by atomic mass is 16.2.